The molecule has 1 aliphatic heterocycles. The highest BCUT2D eigenvalue weighted by molar-refractivity contribution is 6.46. The molecule has 7 heteroatoms. The first-order chi connectivity index (χ1) is 17.3. The predicted molar refractivity (Wildman–Crippen MR) is 141 cm³/mol. The molecule has 1 N–H and O–H groups in total. The third-order valence-corrected chi connectivity index (χ3v) is 6.21. The maximum Gasteiger partial charge on any atom is 0.295 e. The Labute approximate surface area is 214 Å². The quantitative estimate of drug-likeness (QED) is 0.195. The smallest absolute Gasteiger partial charge is 0.295 e. The number of benzene rings is 2. The van der Waals surface area contributed by atoms with Crippen LogP contribution in [0.4, 0.5) is 0 Å². The molecule has 1 aliphatic rings. The second-order valence-corrected chi connectivity index (χ2v) is 9.36. The largest absolute Gasteiger partial charge is 0.507 e. The average molecular weight is 495 g/mol. The Morgan fingerprint density at radius 1 is 1.00 bits per heavy atom. The van der Waals surface area contributed by atoms with E-state index in [4.69, 9.17) is 9.47 Å². The van der Waals surface area contributed by atoms with Crippen LogP contribution in [0, 0.1) is 6.92 Å². The topological polar surface area (TPSA) is 79.3 Å². The monoisotopic (exact) mass is 494 g/mol. The number of rotatable bonds is 12. The highest BCUT2D eigenvalue weighted by Crippen LogP contribution is 2.42. The van der Waals surface area contributed by atoms with E-state index in [9.17, 15) is 14.7 Å². The molecule has 194 valence electrons. The van der Waals surface area contributed by atoms with Crippen LogP contribution in [-0.2, 0) is 9.59 Å². The van der Waals surface area contributed by atoms with Gasteiger partial charge in [0.15, 0.2) is 11.5 Å². The van der Waals surface area contributed by atoms with Gasteiger partial charge in [0, 0.05) is 12.1 Å². The second kappa shape index (κ2) is 12.6. The summed E-state index contributed by atoms with van der Waals surface area (Å²) in [5, 5.41) is 11.2. The van der Waals surface area contributed by atoms with Crippen LogP contribution in [0.2, 0.25) is 0 Å². The van der Waals surface area contributed by atoms with Gasteiger partial charge < -0.3 is 24.4 Å². The van der Waals surface area contributed by atoms with Crippen LogP contribution in [0.15, 0.2) is 48.0 Å². The molecule has 3 rings (SSSR count). The Morgan fingerprint density at radius 2 is 1.72 bits per heavy atom. The van der Waals surface area contributed by atoms with E-state index < -0.39 is 17.7 Å². The summed E-state index contributed by atoms with van der Waals surface area (Å²) in [5.74, 6) is -0.273. The van der Waals surface area contributed by atoms with Crippen LogP contribution in [0.25, 0.3) is 5.76 Å². The van der Waals surface area contributed by atoms with E-state index in [1.807, 2.05) is 63.2 Å². The fourth-order valence-corrected chi connectivity index (χ4v) is 4.29. The Morgan fingerprint density at radius 3 is 2.36 bits per heavy atom. The van der Waals surface area contributed by atoms with Crippen LogP contribution in [-0.4, -0.2) is 67.0 Å². The minimum atomic E-state index is -0.725. The number of nitrogens with zero attached hydrogens (tertiary/aromatic N) is 2. The summed E-state index contributed by atoms with van der Waals surface area (Å²) in [6.07, 6.45) is 2.64. The number of likely N-dealkylation sites (tertiary alicyclic amines) is 1. The van der Waals surface area contributed by atoms with Gasteiger partial charge in [0.2, 0.25) is 0 Å². The first-order valence-corrected chi connectivity index (χ1v) is 12.7. The van der Waals surface area contributed by atoms with Crippen LogP contribution >= 0.6 is 0 Å². The number of unbranched alkanes of at least 4 members (excludes halogenated alkanes) is 1. The fourth-order valence-electron chi connectivity index (χ4n) is 4.29. The Balaban J connectivity index is 2.09. The minimum absolute atomic E-state index is 0.0933. The number of carbonyl (C=O) groups excluding carboxylic acids is 2. The molecule has 0 radical (unpaired) electrons. The number of aryl methyl sites for hydroxylation is 1. The first kappa shape index (κ1) is 27.3. The number of Topliss-reactive ketones (excluding diaryl/α,β-unsaturated/α-hetero) is 1. The number of hydrogen-bond acceptors (Lipinski definition) is 6. The van der Waals surface area contributed by atoms with E-state index in [0.717, 1.165) is 24.9 Å². The maximum atomic E-state index is 13.3. The molecule has 0 spiro atoms. The molecule has 2 aromatic rings. The molecule has 1 heterocycles. The average Bonchev–Trinajstić information content (AvgIpc) is 3.10. The Bertz CT molecular complexity index is 1090. The minimum Gasteiger partial charge on any atom is -0.507 e. The van der Waals surface area contributed by atoms with Crippen molar-refractivity contribution in [3.05, 3.63) is 64.7 Å². The van der Waals surface area contributed by atoms with Crippen LogP contribution in [0.5, 0.6) is 11.5 Å². The molecule has 1 saturated heterocycles. The summed E-state index contributed by atoms with van der Waals surface area (Å²) >= 11 is 0. The number of ketones is 1. The van der Waals surface area contributed by atoms with Gasteiger partial charge in [-0.1, -0.05) is 49.2 Å². The van der Waals surface area contributed by atoms with Crippen molar-refractivity contribution in [3.8, 4) is 11.5 Å². The van der Waals surface area contributed by atoms with Gasteiger partial charge >= 0.3 is 0 Å². The number of hydrogen-bond donors (Lipinski definition) is 1. The lowest BCUT2D eigenvalue weighted by molar-refractivity contribution is -0.139. The van der Waals surface area contributed by atoms with Gasteiger partial charge in [-0.2, -0.15) is 0 Å². The van der Waals surface area contributed by atoms with Crippen molar-refractivity contribution in [3.63, 3.8) is 0 Å². The number of amides is 1. The molecule has 1 unspecified atom stereocenters. The lowest BCUT2D eigenvalue weighted by Crippen LogP contribution is -2.32. The van der Waals surface area contributed by atoms with Crippen molar-refractivity contribution in [2.24, 2.45) is 0 Å². The van der Waals surface area contributed by atoms with Crippen LogP contribution in [0.3, 0.4) is 0 Å². The van der Waals surface area contributed by atoms with E-state index in [2.05, 4.69) is 6.92 Å². The highest BCUT2D eigenvalue weighted by Gasteiger charge is 2.46. The predicted octanol–water partition coefficient (Wildman–Crippen LogP) is 4.95. The third-order valence-electron chi connectivity index (χ3n) is 6.21. The summed E-state index contributed by atoms with van der Waals surface area (Å²) in [4.78, 5) is 30.0. The SMILES string of the molecule is CCCCOc1ccc(C2/C(=C(\O)c3ccc(C)cc3)C(=O)C(=O)N2CCCN(C)C)cc1OCC. The summed E-state index contributed by atoms with van der Waals surface area (Å²) in [6.45, 7) is 8.12. The van der Waals surface area contributed by atoms with Crippen molar-refractivity contribution in [1.29, 1.82) is 0 Å². The molecule has 0 saturated carbocycles. The molecule has 0 aliphatic carbocycles. The van der Waals surface area contributed by atoms with Crippen molar-refractivity contribution >= 4 is 17.4 Å². The van der Waals surface area contributed by atoms with Crippen molar-refractivity contribution in [2.45, 2.75) is 46.1 Å². The van der Waals surface area contributed by atoms with Crippen molar-refractivity contribution in [2.75, 3.05) is 40.4 Å². The van der Waals surface area contributed by atoms with Gasteiger partial charge in [0.25, 0.3) is 11.7 Å². The molecule has 36 heavy (non-hydrogen) atoms. The summed E-state index contributed by atoms with van der Waals surface area (Å²) in [7, 11) is 3.93. The van der Waals surface area contributed by atoms with E-state index in [1.54, 1.807) is 17.0 Å². The lowest BCUT2D eigenvalue weighted by Gasteiger charge is -2.26. The molecule has 1 fully saturated rings. The number of aliphatic hydroxyl groups is 1. The number of carbonyl (C=O) groups is 2. The van der Waals surface area contributed by atoms with Crippen LogP contribution < -0.4 is 9.47 Å². The standard InChI is InChI=1S/C29H38N2O5/c1-6-8-18-36-23-15-14-22(19-24(23)35-7-2)26-25(27(32)21-12-10-20(3)11-13-21)28(33)29(34)31(26)17-9-16-30(4)5/h10-15,19,26,32H,6-9,16-18H2,1-5H3/b27-25+. The Kier molecular flexibility index (Phi) is 9.53. The summed E-state index contributed by atoms with van der Waals surface area (Å²) in [6, 6.07) is 12.0. The first-order valence-electron chi connectivity index (χ1n) is 12.7. The van der Waals surface area contributed by atoms with Crippen LogP contribution in [0.1, 0.15) is 55.8 Å². The molecule has 0 aromatic heterocycles. The maximum absolute atomic E-state index is 13.3. The van der Waals surface area contributed by atoms with Crippen molar-refractivity contribution in [1.82, 2.24) is 9.80 Å². The normalized spacial score (nSPS) is 17.2. The summed E-state index contributed by atoms with van der Waals surface area (Å²) < 4.78 is 11.8. The van der Waals surface area contributed by atoms with Gasteiger partial charge in [-0.05, 0) is 65.0 Å². The van der Waals surface area contributed by atoms with E-state index in [0.29, 0.717) is 48.8 Å². The zero-order valence-electron chi connectivity index (χ0n) is 22.0. The third kappa shape index (κ3) is 6.26. The summed E-state index contributed by atoms with van der Waals surface area (Å²) in [5.41, 5.74) is 2.32. The van der Waals surface area contributed by atoms with E-state index in [-0.39, 0.29) is 11.3 Å². The van der Waals surface area contributed by atoms with Crippen molar-refractivity contribution < 1.29 is 24.2 Å². The van der Waals surface area contributed by atoms with E-state index in [1.165, 1.54) is 0 Å². The van der Waals surface area contributed by atoms with E-state index >= 15 is 0 Å². The number of ether oxygens (including phenoxy) is 2. The van der Waals surface area contributed by atoms with Gasteiger partial charge in [-0.15, -0.1) is 0 Å². The number of aliphatic hydroxyl groups excluding tert-OH is 1. The van der Waals surface area contributed by atoms with Gasteiger partial charge in [0.1, 0.15) is 5.76 Å². The second-order valence-electron chi connectivity index (χ2n) is 9.36. The Hall–Kier alpha value is -3.32. The van der Waals surface area contributed by atoms with Gasteiger partial charge in [0.05, 0.1) is 24.8 Å². The molecular formula is C29H38N2O5. The molecule has 7 nitrogen and oxygen atoms in total. The molecule has 0 bridgehead atoms. The van der Waals surface area contributed by atoms with Gasteiger partial charge in [-0.3, -0.25) is 9.59 Å². The molecule has 1 atom stereocenters. The molecular weight excluding hydrogens is 456 g/mol. The molecule has 1 amide bonds. The zero-order chi connectivity index (χ0) is 26.2. The lowest BCUT2D eigenvalue weighted by atomic mass is 9.94. The zero-order valence-corrected chi connectivity index (χ0v) is 22.0. The van der Waals surface area contributed by atoms with Gasteiger partial charge in [-0.25, -0.2) is 0 Å². The highest BCUT2D eigenvalue weighted by atomic mass is 16.5. The molecule has 2 aromatic carbocycles. The fraction of sp³-hybridized carbons (Fsp3) is 0.448.